The van der Waals surface area contributed by atoms with Crippen LogP contribution < -0.4 is 10.6 Å². The van der Waals surface area contributed by atoms with Gasteiger partial charge in [-0.3, -0.25) is 14.9 Å². The molecule has 2 aliphatic rings. The lowest BCUT2D eigenvalue weighted by atomic mass is 10.0. The zero-order valence-electron chi connectivity index (χ0n) is 14.1. The molecule has 0 aliphatic carbocycles. The van der Waals surface area contributed by atoms with Gasteiger partial charge in [0.05, 0.1) is 16.6 Å². The van der Waals surface area contributed by atoms with Crippen molar-refractivity contribution in [3.63, 3.8) is 0 Å². The molecule has 138 valence electrons. The molecule has 0 bridgehead atoms. The van der Waals surface area contributed by atoms with Crippen molar-refractivity contribution in [2.24, 2.45) is 0 Å². The molecule has 0 aromatic heterocycles. The maximum Gasteiger partial charge on any atom is 0.255 e. The number of anilines is 1. The molecule has 2 N–H and O–H groups in total. The molecular weight excluding hydrogens is 381 g/mol. The molecule has 2 aliphatic heterocycles. The lowest BCUT2D eigenvalue weighted by Crippen LogP contribution is -2.42. The Bertz CT molecular complexity index is 638. The van der Waals surface area contributed by atoms with E-state index in [1.54, 1.807) is 30.0 Å². The minimum atomic E-state index is -0.177. The van der Waals surface area contributed by atoms with Crippen molar-refractivity contribution in [1.82, 2.24) is 10.2 Å². The van der Waals surface area contributed by atoms with Gasteiger partial charge in [-0.25, -0.2) is 0 Å². The number of benzene rings is 1. The van der Waals surface area contributed by atoms with E-state index < -0.39 is 0 Å². The minimum absolute atomic E-state index is 0. The Morgan fingerprint density at radius 2 is 2.16 bits per heavy atom. The smallest absolute Gasteiger partial charge is 0.255 e. The molecule has 2 amide bonds. The average molecular weight is 404 g/mol. The van der Waals surface area contributed by atoms with Crippen LogP contribution in [-0.4, -0.2) is 47.0 Å². The van der Waals surface area contributed by atoms with Gasteiger partial charge < -0.3 is 10.2 Å². The summed E-state index contributed by atoms with van der Waals surface area (Å²) >= 11 is 8.01. The number of likely N-dealkylation sites (tertiary alicyclic amines) is 1. The molecule has 2 fully saturated rings. The van der Waals surface area contributed by atoms with Crippen molar-refractivity contribution in [3.8, 4) is 0 Å². The molecule has 1 aromatic carbocycles. The van der Waals surface area contributed by atoms with Gasteiger partial charge in [0.2, 0.25) is 5.91 Å². The van der Waals surface area contributed by atoms with E-state index in [4.69, 9.17) is 11.6 Å². The number of nitrogens with zero attached hydrogens (tertiary/aromatic N) is 1. The molecule has 0 radical (unpaired) electrons. The van der Waals surface area contributed by atoms with Gasteiger partial charge in [-0.1, -0.05) is 11.6 Å². The number of halogens is 2. The minimum Gasteiger partial charge on any atom is -0.336 e. The fourth-order valence-electron chi connectivity index (χ4n) is 3.11. The topological polar surface area (TPSA) is 61.4 Å². The van der Waals surface area contributed by atoms with Crippen LogP contribution in [0.5, 0.6) is 0 Å². The van der Waals surface area contributed by atoms with Crippen molar-refractivity contribution < 1.29 is 9.59 Å². The maximum atomic E-state index is 12.7. The van der Waals surface area contributed by atoms with Crippen molar-refractivity contribution in [2.75, 3.05) is 23.5 Å². The standard InChI is InChI=1S/C17H22ClN3O2S.ClH/c1-11-4-2-3-7-21(11)17(23)13-6-5-12(8-14(13)18)20-16(22)15-9-24-10-19-15;/h5-6,8,11,15,19H,2-4,7,9-10H2,1H3,(H,20,22);1H. The SMILES string of the molecule is CC1CCCCN1C(=O)c1ccc(NC(=O)C2CSCN2)cc1Cl.Cl. The zero-order valence-corrected chi connectivity index (χ0v) is 16.5. The first-order valence-corrected chi connectivity index (χ1v) is 9.82. The number of piperidine rings is 1. The molecule has 0 saturated carbocycles. The highest BCUT2D eigenvalue weighted by Gasteiger charge is 2.26. The molecule has 2 heterocycles. The summed E-state index contributed by atoms with van der Waals surface area (Å²) in [7, 11) is 0. The Kier molecular flexibility index (Phi) is 7.43. The Hall–Kier alpha value is -0.950. The van der Waals surface area contributed by atoms with Crippen LogP contribution >= 0.6 is 35.8 Å². The first kappa shape index (κ1) is 20.4. The van der Waals surface area contributed by atoms with Gasteiger partial charge >= 0.3 is 0 Å². The van der Waals surface area contributed by atoms with E-state index in [1.807, 2.05) is 4.90 Å². The van der Waals surface area contributed by atoms with E-state index in [-0.39, 0.29) is 36.3 Å². The second kappa shape index (κ2) is 9.12. The van der Waals surface area contributed by atoms with Crippen molar-refractivity contribution in [3.05, 3.63) is 28.8 Å². The number of hydrogen-bond donors (Lipinski definition) is 2. The lowest BCUT2D eigenvalue weighted by Gasteiger charge is -2.33. The molecule has 2 unspecified atom stereocenters. The van der Waals surface area contributed by atoms with E-state index in [9.17, 15) is 9.59 Å². The molecule has 2 atom stereocenters. The van der Waals surface area contributed by atoms with Gasteiger partial charge in [-0.15, -0.1) is 24.2 Å². The van der Waals surface area contributed by atoms with E-state index >= 15 is 0 Å². The highest BCUT2D eigenvalue weighted by Crippen LogP contribution is 2.26. The second-order valence-electron chi connectivity index (χ2n) is 6.30. The molecule has 8 heteroatoms. The summed E-state index contributed by atoms with van der Waals surface area (Å²) in [4.78, 5) is 26.7. The van der Waals surface area contributed by atoms with Gasteiger partial charge in [0.15, 0.2) is 0 Å². The zero-order chi connectivity index (χ0) is 17.1. The predicted molar refractivity (Wildman–Crippen MR) is 106 cm³/mol. The quantitative estimate of drug-likeness (QED) is 0.811. The normalized spacial score (nSPS) is 23.0. The average Bonchev–Trinajstić information content (AvgIpc) is 3.09. The summed E-state index contributed by atoms with van der Waals surface area (Å²) in [5.41, 5.74) is 1.12. The van der Waals surface area contributed by atoms with Crippen LogP contribution in [0.4, 0.5) is 5.69 Å². The molecule has 1 aromatic rings. The molecule has 3 rings (SSSR count). The molecular formula is C17H23Cl2N3O2S. The maximum absolute atomic E-state index is 12.7. The number of hydrogen-bond acceptors (Lipinski definition) is 4. The van der Waals surface area contributed by atoms with Gasteiger partial charge in [0.25, 0.3) is 5.91 Å². The van der Waals surface area contributed by atoms with Crippen molar-refractivity contribution >= 4 is 53.3 Å². The first-order chi connectivity index (χ1) is 11.6. The monoisotopic (exact) mass is 403 g/mol. The van der Waals surface area contributed by atoms with Crippen LogP contribution in [0.25, 0.3) is 0 Å². The fraction of sp³-hybridized carbons (Fsp3) is 0.529. The molecule has 25 heavy (non-hydrogen) atoms. The van der Waals surface area contributed by atoms with Crippen LogP contribution in [0, 0.1) is 0 Å². The third-order valence-corrected chi connectivity index (χ3v) is 5.82. The third-order valence-electron chi connectivity index (χ3n) is 4.56. The van der Waals surface area contributed by atoms with Gasteiger partial charge in [0.1, 0.15) is 0 Å². The van der Waals surface area contributed by atoms with Crippen LogP contribution in [-0.2, 0) is 4.79 Å². The van der Waals surface area contributed by atoms with Crippen LogP contribution in [0.15, 0.2) is 18.2 Å². The van der Waals surface area contributed by atoms with E-state index in [0.717, 1.165) is 37.4 Å². The molecule has 2 saturated heterocycles. The summed E-state index contributed by atoms with van der Waals surface area (Å²) in [6.45, 7) is 2.85. The van der Waals surface area contributed by atoms with E-state index in [0.29, 0.717) is 16.3 Å². The number of carbonyl (C=O) groups excluding carboxylic acids is 2. The van der Waals surface area contributed by atoms with E-state index in [2.05, 4.69) is 17.6 Å². The van der Waals surface area contributed by atoms with Gasteiger partial charge in [0, 0.05) is 29.9 Å². The van der Waals surface area contributed by atoms with Crippen LogP contribution in [0.2, 0.25) is 5.02 Å². The Morgan fingerprint density at radius 3 is 2.80 bits per heavy atom. The number of amides is 2. The fourth-order valence-corrected chi connectivity index (χ4v) is 4.32. The second-order valence-corrected chi connectivity index (χ2v) is 7.74. The number of rotatable bonds is 3. The summed E-state index contributed by atoms with van der Waals surface area (Å²) < 4.78 is 0. The summed E-state index contributed by atoms with van der Waals surface area (Å²) in [5.74, 6) is 1.46. The van der Waals surface area contributed by atoms with E-state index in [1.165, 1.54) is 0 Å². The molecule has 0 spiro atoms. The van der Waals surface area contributed by atoms with Gasteiger partial charge in [-0.2, -0.15) is 0 Å². The lowest BCUT2D eigenvalue weighted by molar-refractivity contribution is -0.117. The number of nitrogens with one attached hydrogen (secondary N) is 2. The summed E-state index contributed by atoms with van der Waals surface area (Å²) in [5, 5.41) is 6.36. The highest BCUT2D eigenvalue weighted by molar-refractivity contribution is 7.99. The number of carbonyl (C=O) groups is 2. The number of thioether (sulfide) groups is 1. The Balaban J connectivity index is 0.00000225. The van der Waals surface area contributed by atoms with Crippen molar-refractivity contribution in [1.29, 1.82) is 0 Å². The molecule has 5 nitrogen and oxygen atoms in total. The largest absolute Gasteiger partial charge is 0.336 e. The van der Waals surface area contributed by atoms with Gasteiger partial charge in [-0.05, 0) is 44.4 Å². The first-order valence-electron chi connectivity index (χ1n) is 8.29. The Morgan fingerprint density at radius 1 is 1.36 bits per heavy atom. The Labute approximate surface area is 163 Å². The highest BCUT2D eigenvalue weighted by atomic mass is 35.5. The van der Waals surface area contributed by atoms with Crippen LogP contribution in [0.1, 0.15) is 36.5 Å². The summed E-state index contributed by atoms with van der Waals surface area (Å²) in [6.07, 6.45) is 3.23. The van der Waals surface area contributed by atoms with Crippen molar-refractivity contribution in [2.45, 2.75) is 38.3 Å². The third kappa shape index (κ3) is 4.82. The summed E-state index contributed by atoms with van der Waals surface area (Å²) in [6, 6.07) is 5.17. The van der Waals surface area contributed by atoms with Crippen LogP contribution in [0.3, 0.4) is 0 Å². The predicted octanol–water partition coefficient (Wildman–Crippen LogP) is 3.38.